The number of hydrogen-bond acceptors (Lipinski definition) is 4. The third-order valence-corrected chi connectivity index (χ3v) is 3.88. The van der Waals surface area contributed by atoms with Crippen LogP contribution >= 0.6 is 11.3 Å². The van der Waals surface area contributed by atoms with E-state index in [1.54, 1.807) is 11.3 Å². The molecule has 2 N–H and O–H groups in total. The third-order valence-electron chi connectivity index (χ3n) is 2.95. The van der Waals surface area contributed by atoms with E-state index in [2.05, 4.69) is 27.0 Å². The summed E-state index contributed by atoms with van der Waals surface area (Å²) in [5, 5.41) is 8.30. The SMILES string of the molecule is CN1CCNC(C(=O)NCCc2cccs2)C1. The molecule has 0 aliphatic carbocycles. The second kappa shape index (κ2) is 6.14. The summed E-state index contributed by atoms with van der Waals surface area (Å²) >= 11 is 1.74. The first kappa shape index (κ1) is 12.5. The van der Waals surface area contributed by atoms with Crippen LogP contribution in [0, 0.1) is 0 Å². The number of thiophene rings is 1. The van der Waals surface area contributed by atoms with Gasteiger partial charge >= 0.3 is 0 Å². The van der Waals surface area contributed by atoms with E-state index >= 15 is 0 Å². The molecule has 17 heavy (non-hydrogen) atoms. The molecule has 1 fully saturated rings. The molecule has 0 radical (unpaired) electrons. The van der Waals surface area contributed by atoms with Gasteiger partial charge in [-0.1, -0.05) is 6.07 Å². The van der Waals surface area contributed by atoms with Gasteiger partial charge in [0.05, 0.1) is 6.04 Å². The van der Waals surface area contributed by atoms with Gasteiger partial charge in [-0.2, -0.15) is 0 Å². The van der Waals surface area contributed by atoms with Gasteiger partial charge in [-0.15, -0.1) is 11.3 Å². The molecule has 0 aromatic carbocycles. The van der Waals surface area contributed by atoms with E-state index in [0.717, 1.165) is 32.6 Å². The van der Waals surface area contributed by atoms with Gasteiger partial charge < -0.3 is 15.5 Å². The Labute approximate surface area is 106 Å². The Morgan fingerprint density at radius 2 is 2.59 bits per heavy atom. The topological polar surface area (TPSA) is 44.4 Å². The Morgan fingerprint density at radius 1 is 1.71 bits per heavy atom. The van der Waals surface area contributed by atoms with Crippen LogP contribution in [0.25, 0.3) is 0 Å². The number of nitrogens with zero attached hydrogens (tertiary/aromatic N) is 1. The lowest BCUT2D eigenvalue weighted by molar-refractivity contribution is -0.124. The summed E-state index contributed by atoms with van der Waals surface area (Å²) in [7, 11) is 2.05. The number of amides is 1. The van der Waals surface area contributed by atoms with Crippen molar-refractivity contribution in [2.24, 2.45) is 0 Å². The van der Waals surface area contributed by atoms with E-state index in [9.17, 15) is 4.79 Å². The summed E-state index contributed by atoms with van der Waals surface area (Å²) in [5.74, 6) is 0.119. The predicted molar refractivity (Wildman–Crippen MR) is 70.3 cm³/mol. The quantitative estimate of drug-likeness (QED) is 0.812. The fourth-order valence-corrected chi connectivity index (χ4v) is 2.67. The van der Waals surface area contributed by atoms with Crippen LogP contribution in [0.2, 0.25) is 0 Å². The Kier molecular flexibility index (Phi) is 4.53. The maximum Gasteiger partial charge on any atom is 0.238 e. The fourth-order valence-electron chi connectivity index (χ4n) is 1.96. The van der Waals surface area contributed by atoms with Crippen LogP contribution in [0.5, 0.6) is 0 Å². The normalized spacial score (nSPS) is 21.4. The van der Waals surface area contributed by atoms with Crippen LogP contribution < -0.4 is 10.6 Å². The van der Waals surface area contributed by atoms with E-state index in [0.29, 0.717) is 0 Å². The highest BCUT2D eigenvalue weighted by Crippen LogP contribution is 2.08. The lowest BCUT2D eigenvalue weighted by atomic mass is 10.2. The summed E-state index contributed by atoms with van der Waals surface area (Å²) in [6, 6.07) is 4.08. The van der Waals surface area contributed by atoms with E-state index in [1.165, 1.54) is 4.88 Å². The van der Waals surface area contributed by atoms with E-state index < -0.39 is 0 Å². The van der Waals surface area contributed by atoms with Crippen molar-refractivity contribution in [1.82, 2.24) is 15.5 Å². The summed E-state index contributed by atoms with van der Waals surface area (Å²) in [5.41, 5.74) is 0. The fraction of sp³-hybridized carbons (Fsp3) is 0.583. The zero-order chi connectivity index (χ0) is 12.1. The molecular weight excluding hydrogens is 234 g/mol. The largest absolute Gasteiger partial charge is 0.354 e. The van der Waals surface area contributed by atoms with Gasteiger partial charge in [-0.3, -0.25) is 4.79 Å². The van der Waals surface area contributed by atoms with Crippen LogP contribution in [0.15, 0.2) is 17.5 Å². The second-order valence-electron chi connectivity index (χ2n) is 4.39. The van der Waals surface area contributed by atoms with E-state index in [-0.39, 0.29) is 11.9 Å². The highest BCUT2D eigenvalue weighted by atomic mass is 32.1. The second-order valence-corrected chi connectivity index (χ2v) is 5.42. The van der Waals surface area contributed by atoms with Crippen molar-refractivity contribution >= 4 is 17.2 Å². The zero-order valence-electron chi connectivity index (χ0n) is 10.1. The first-order chi connectivity index (χ1) is 8.25. The third kappa shape index (κ3) is 3.80. The number of carbonyl (C=O) groups is 1. The molecule has 2 heterocycles. The molecule has 0 bridgehead atoms. The molecule has 1 aromatic rings. The Morgan fingerprint density at radius 3 is 3.29 bits per heavy atom. The van der Waals surface area contributed by atoms with Gasteiger partial charge in [0.2, 0.25) is 5.91 Å². The molecule has 1 amide bonds. The van der Waals surface area contributed by atoms with Crippen molar-refractivity contribution in [3.63, 3.8) is 0 Å². The van der Waals surface area contributed by atoms with Gasteiger partial charge in [-0.25, -0.2) is 0 Å². The molecule has 5 heteroatoms. The number of likely N-dealkylation sites (N-methyl/N-ethyl adjacent to an activating group) is 1. The molecule has 4 nitrogen and oxygen atoms in total. The molecule has 0 saturated carbocycles. The van der Waals surface area contributed by atoms with E-state index in [4.69, 9.17) is 0 Å². The van der Waals surface area contributed by atoms with Crippen molar-refractivity contribution in [2.75, 3.05) is 33.2 Å². The van der Waals surface area contributed by atoms with Crippen molar-refractivity contribution in [2.45, 2.75) is 12.5 Å². The maximum atomic E-state index is 11.9. The molecule has 94 valence electrons. The molecule has 1 unspecified atom stereocenters. The average molecular weight is 253 g/mol. The van der Waals surface area contributed by atoms with Crippen LogP contribution in [0.1, 0.15) is 4.88 Å². The molecular formula is C12H19N3OS. The van der Waals surface area contributed by atoms with Crippen molar-refractivity contribution in [3.05, 3.63) is 22.4 Å². The molecule has 0 spiro atoms. The highest BCUT2D eigenvalue weighted by molar-refractivity contribution is 7.09. The Bertz CT molecular complexity index is 353. The Balaban J connectivity index is 1.70. The van der Waals surface area contributed by atoms with Gasteiger partial charge in [0.15, 0.2) is 0 Å². The molecule has 1 aliphatic rings. The first-order valence-electron chi connectivity index (χ1n) is 5.98. The summed E-state index contributed by atoms with van der Waals surface area (Å²) in [4.78, 5) is 15.4. The van der Waals surface area contributed by atoms with Crippen molar-refractivity contribution in [1.29, 1.82) is 0 Å². The number of carbonyl (C=O) groups excluding carboxylic acids is 1. The number of piperazine rings is 1. The molecule has 2 rings (SSSR count). The maximum absolute atomic E-state index is 11.9. The number of hydrogen-bond donors (Lipinski definition) is 2. The van der Waals surface area contributed by atoms with E-state index in [1.807, 2.05) is 13.1 Å². The minimum Gasteiger partial charge on any atom is -0.354 e. The lowest BCUT2D eigenvalue weighted by Crippen LogP contribution is -2.56. The smallest absolute Gasteiger partial charge is 0.238 e. The minimum absolute atomic E-state index is 0.0583. The monoisotopic (exact) mass is 253 g/mol. The number of rotatable bonds is 4. The summed E-state index contributed by atoms with van der Waals surface area (Å²) in [6.45, 7) is 3.42. The van der Waals surface area contributed by atoms with Crippen LogP contribution in [-0.4, -0.2) is 50.1 Å². The van der Waals surface area contributed by atoms with Crippen LogP contribution in [0.4, 0.5) is 0 Å². The Hall–Kier alpha value is -0.910. The van der Waals surface area contributed by atoms with Gasteiger partial charge in [0.1, 0.15) is 0 Å². The molecule has 1 atom stereocenters. The molecule has 1 saturated heterocycles. The molecule has 1 aromatic heterocycles. The van der Waals surface area contributed by atoms with Gasteiger partial charge in [0, 0.05) is 31.1 Å². The van der Waals surface area contributed by atoms with Gasteiger partial charge in [0.25, 0.3) is 0 Å². The zero-order valence-corrected chi connectivity index (χ0v) is 10.9. The standard InChI is InChI=1S/C12H19N3OS/c1-15-7-6-13-11(9-15)12(16)14-5-4-10-3-2-8-17-10/h2-3,8,11,13H,4-7,9H2,1H3,(H,14,16). The lowest BCUT2D eigenvalue weighted by Gasteiger charge is -2.29. The minimum atomic E-state index is -0.0583. The predicted octanol–water partition coefficient (Wildman–Crippen LogP) is 0.310. The first-order valence-corrected chi connectivity index (χ1v) is 6.85. The summed E-state index contributed by atoms with van der Waals surface area (Å²) < 4.78 is 0. The number of nitrogens with one attached hydrogen (secondary N) is 2. The van der Waals surface area contributed by atoms with Crippen LogP contribution in [-0.2, 0) is 11.2 Å². The highest BCUT2D eigenvalue weighted by Gasteiger charge is 2.22. The molecule has 1 aliphatic heterocycles. The summed E-state index contributed by atoms with van der Waals surface area (Å²) in [6.07, 6.45) is 0.923. The average Bonchev–Trinajstić information content (AvgIpc) is 2.82. The van der Waals surface area contributed by atoms with Crippen molar-refractivity contribution < 1.29 is 4.79 Å². The van der Waals surface area contributed by atoms with Crippen LogP contribution in [0.3, 0.4) is 0 Å². The van der Waals surface area contributed by atoms with Gasteiger partial charge in [-0.05, 0) is 24.9 Å². The van der Waals surface area contributed by atoms with Crippen molar-refractivity contribution in [3.8, 4) is 0 Å².